The van der Waals surface area contributed by atoms with Crippen LogP contribution in [0.15, 0.2) is 70.5 Å². The lowest BCUT2D eigenvalue weighted by Gasteiger charge is -2.13. The predicted molar refractivity (Wildman–Crippen MR) is 138 cm³/mol. The van der Waals surface area contributed by atoms with Gasteiger partial charge in [0.2, 0.25) is 5.69 Å². The topological polar surface area (TPSA) is 29.1 Å². The van der Waals surface area contributed by atoms with Gasteiger partial charge in [-0.05, 0) is 43.3 Å². The van der Waals surface area contributed by atoms with Gasteiger partial charge in [-0.3, -0.25) is 9.36 Å². The van der Waals surface area contributed by atoms with Crippen molar-refractivity contribution in [2.75, 3.05) is 11.9 Å². The number of thioether (sulfide) groups is 1. The Morgan fingerprint density at radius 2 is 1.79 bits per heavy atom. The molecular formula is C27H21ClF5N3OS2. The minimum Gasteiger partial charge on any atom is -1.00 e. The molecule has 0 spiro atoms. The average molecular weight is 598 g/mol. The fourth-order valence-electron chi connectivity index (χ4n) is 4.29. The summed E-state index contributed by atoms with van der Waals surface area (Å²) in [6.07, 6.45) is -0.908. The van der Waals surface area contributed by atoms with Crippen LogP contribution in [0.5, 0.6) is 0 Å². The molecule has 2 aromatic carbocycles. The number of alkyl halides is 3. The summed E-state index contributed by atoms with van der Waals surface area (Å²) in [4.78, 5) is 15.1. The predicted octanol–water partition coefficient (Wildman–Crippen LogP) is 1.70. The zero-order chi connectivity index (χ0) is 27.2. The van der Waals surface area contributed by atoms with E-state index < -0.39 is 23.4 Å². The van der Waals surface area contributed by atoms with Crippen LogP contribution in [0.3, 0.4) is 0 Å². The fourth-order valence-corrected chi connectivity index (χ4v) is 6.88. The van der Waals surface area contributed by atoms with Crippen LogP contribution in [-0.4, -0.2) is 11.6 Å². The molecule has 0 aliphatic carbocycles. The van der Waals surface area contributed by atoms with E-state index in [1.54, 1.807) is 34.8 Å². The number of benzene rings is 2. The average Bonchev–Trinajstić information content (AvgIpc) is 3.37. The van der Waals surface area contributed by atoms with Crippen molar-refractivity contribution in [3.63, 3.8) is 0 Å². The third-order valence-corrected chi connectivity index (χ3v) is 8.72. The van der Waals surface area contributed by atoms with Gasteiger partial charge in [-0.15, -0.1) is 11.3 Å². The highest BCUT2D eigenvalue weighted by molar-refractivity contribution is 8.08. The van der Waals surface area contributed by atoms with Gasteiger partial charge < -0.3 is 17.3 Å². The molecule has 0 fully saturated rings. The van der Waals surface area contributed by atoms with Crippen molar-refractivity contribution in [3.8, 4) is 0 Å². The largest absolute Gasteiger partial charge is 1.00 e. The molecule has 4 aromatic rings. The number of pyridine rings is 1. The monoisotopic (exact) mass is 597 g/mol. The van der Waals surface area contributed by atoms with Gasteiger partial charge >= 0.3 is 6.18 Å². The van der Waals surface area contributed by atoms with E-state index in [4.69, 9.17) is 0 Å². The summed E-state index contributed by atoms with van der Waals surface area (Å²) in [5.41, 5.74) is 0.652. The van der Waals surface area contributed by atoms with Crippen molar-refractivity contribution in [1.82, 2.24) is 4.57 Å². The summed E-state index contributed by atoms with van der Waals surface area (Å²) in [6.45, 7) is 2.45. The number of hydrogen-bond donors (Lipinski definition) is 0. The molecule has 1 aliphatic heterocycles. The number of rotatable bonds is 4. The van der Waals surface area contributed by atoms with Crippen LogP contribution in [0.4, 0.5) is 27.6 Å². The molecule has 2 aromatic heterocycles. The van der Waals surface area contributed by atoms with Crippen molar-refractivity contribution in [1.29, 1.82) is 0 Å². The highest BCUT2D eigenvalue weighted by Gasteiger charge is 2.38. The van der Waals surface area contributed by atoms with Crippen LogP contribution < -0.4 is 36.6 Å². The van der Waals surface area contributed by atoms with Gasteiger partial charge in [0.25, 0.3) is 5.56 Å². The first-order valence-corrected chi connectivity index (χ1v) is 13.2. The first-order valence-electron chi connectivity index (χ1n) is 11.6. The van der Waals surface area contributed by atoms with Gasteiger partial charge in [0.1, 0.15) is 14.2 Å². The second-order valence-corrected chi connectivity index (χ2v) is 10.6. The second-order valence-electron chi connectivity index (χ2n) is 8.58. The number of halogens is 6. The quantitative estimate of drug-likeness (QED) is 0.265. The standard InChI is InChI=1S/C27H21F5N3OS2.ClH/c1-3-35-22(14-17-7-4-5-12-34(17)15-16-10-11-19(28)20(29)13-16)37-24(25(35)36)26-33(2)21-9-6-8-18(23(21)38-26)27(30,31)32;/h4-14H,3,15H2,1-2H3;1H/q+1;/p-1/b26-24+;. The smallest absolute Gasteiger partial charge is 0.417 e. The lowest BCUT2D eigenvalue weighted by Crippen LogP contribution is -3.00. The lowest BCUT2D eigenvalue weighted by molar-refractivity contribution is -0.690. The molecule has 12 heteroatoms. The Bertz CT molecular complexity index is 1730. The molecule has 1 aliphatic rings. The Morgan fingerprint density at radius 1 is 1.03 bits per heavy atom. The highest BCUT2D eigenvalue weighted by Crippen LogP contribution is 2.50. The molecule has 5 rings (SSSR count). The maximum atomic E-state index is 13.7. The second kappa shape index (κ2) is 11.1. The van der Waals surface area contributed by atoms with E-state index in [-0.39, 0.29) is 29.4 Å². The number of aromatic nitrogens is 2. The maximum absolute atomic E-state index is 13.7. The molecule has 0 amide bonds. The molecule has 39 heavy (non-hydrogen) atoms. The van der Waals surface area contributed by atoms with E-state index in [1.807, 2.05) is 29.7 Å². The van der Waals surface area contributed by atoms with E-state index >= 15 is 0 Å². The minimum absolute atomic E-state index is 0. The summed E-state index contributed by atoms with van der Waals surface area (Å²) in [7, 11) is 1.65. The first kappa shape index (κ1) is 28.8. The molecule has 0 saturated heterocycles. The van der Waals surface area contributed by atoms with Crippen molar-refractivity contribution in [2.24, 2.45) is 0 Å². The van der Waals surface area contributed by atoms with Crippen molar-refractivity contribution in [3.05, 3.63) is 109 Å². The normalized spacial score (nSPS) is 14.9. The molecule has 0 atom stereocenters. The zero-order valence-corrected chi connectivity index (χ0v) is 23.0. The number of hydrogen-bond acceptors (Lipinski definition) is 4. The summed E-state index contributed by atoms with van der Waals surface area (Å²) in [6, 6.07) is 13.2. The van der Waals surface area contributed by atoms with Gasteiger partial charge in [0, 0.05) is 42.3 Å². The van der Waals surface area contributed by atoms with E-state index in [0.29, 0.717) is 37.7 Å². The Morgan fingerprint density at radius 3 is 2.49 bits per heavy atom. The van der Waals surface area contributed by atoms with Crippen LogP contribution in [0.1, 0.15) is 23.7 Å². The SMILES string of the molecule is CCn1c(=O)/c(=C2\Sc3c(cccc3C(F)(F)F)N2C)s/c1=C\c1cccc[n+]1Cc1ccc(F)c(F)c1.[Cl-]. The molecule has 4 nitrogen and oxygen atoms in total. The zero-order valence-electron chi connectivity index (χ0n) is 20.6. The van der Waals surface area contributed by atoms with Gasteiger partial charge in [-0.2, -0.15) is 17.7 Å². The van der Waals surface area contributed by atoms with Crippen LogP contribution in [0.25, 0.3) is 11.1 Å². The summed E-state index contributed by atoms with van der Waals surface area (Å²) in [5, 5.41) is 0.441. The summed E-state index contributed by atoms with van der Waals surface area (Å²) >= 11 is 2.15. The Hall–Kier alpha value is -3.15. The van der Waals surface area contributed by atoms with Crippen molar-refractivity contribution in [2.45, 2.75) is 31.1 Å². The number of nitrogens with zero attached hydrogens (tertiary/aromatic N) is 3. The van der Waals surface area contributed by atoms with Crippen LogP contribution >= 0.6 is 23.1 Å². The van der Waals surface area contributed by atoms with Crippen LogP contribution in [0.2, 0.25) is 0 Å². The van der Waals surface area contributed by atoms with Gasteiger partial charge in [-0.25, -0.2) is 8.78 Å². The van der Waals surface area contributed by atoms with Crippen molar-refractivity contribution >= 4 is 39.9 Å². The number of fused-ring (bicyclic) bond motifs is 1. The maximum Gasteiger partial charge on any atom is 0.417 e. The molecule has 0 unspecified atom stereocenters. The van der Waals surface area contributed by atoms with E-state index in [9.17, 15) is 26.7 Å². The summed E-state index contributed by atoms with van der Waals surface area (Å²) in [5.74, 6) is -1.86. The molecule has 0 saturated carbocycles. The summed E-state index contributed by atoms with van der Waals surface area (Å²) < 4.78 is 72.4. The molecule has 0 radical (unpaired) electrons. The van der Waals surface area contributed by atoms with E-state index in [2.05, 4.69) is 0 Å². The van der Waals surface area contributed by atoms with Gasteiger partial charge in [-0.1, -0.05) is 17.8 Å². The Balaban J connectivity index is 0.00000353. The molecule has 3 heterocycles. The first-order chi connectivity index (χ1) is 18.1. The molecule has 0 N–H and O–H groups in total. The van der Waals surface area contributed by atoms with Gasteiger partial charge in [0.05, 0.1) is 11.3 Å². The van der Waals surface area contributed by atoms with E-state index in [0.717, 1.165) is 30.0 Å². The third kappa shape index (κ3) is 5.48. The Labute approximate surface area is 234 Å². The minimum atomic E-state index is -4.51. The third-order valence-electron chi connectivity index (χ3n) is 6.17. The lowest BCUT2D eigenvalue weighted by atomic mass is 10.2. The van der Waals surface area contributed by atoms with Crippen LogP contribution in [-0.2, 0) is 19.3 Å². The molecule has 204 valence electrons. The van der Waals surface area contributed by atoms with Gasteiger partial charge in [0.15, 0.2) is 24.4 Å². The number of anilines is 1. The molecule has 0 bridgehead atoms. The number of thiazole rings is 1. The molecular weight excluding hydrogens is 577 g/mol. The van der Waals surface area contributed by atoms with Crippen molar-refractivity contribution < 1.29 is 38.9 Å². The highest BCUT2D eigenvalue weighted by atomic mass is 35.5. The fraction of sp³-hybridized carbons (Fsp3) is 0.185. The Kier molecular flexibility index (Phi) is 8.25. The van der Waals surface area contributed by atoms with Crippen LogP contribution in [0, 0.1) is 11.6 Å². The van der Waals surface area contributed by atoms with E-state index in [1.165, 1.54) is 23.5 Å².